The van der Waals surface area contributed by atoms with Crippen molar-refractivity contribution in [1.29, 1.82) is 0 Å². The predicted octanol–water partition coefficient (Wildman–Crippen LogP) is 3.95. The summed E-state index contributed by atoms with van der Waals surface area (Å²) in [6.45, 7) is 7.52. The maximum atomic E-state index is 10.7. The van der Waals surface area contributed by atoms with Gasteiger partial charge in [-0.25, -0.2) is 4.79 Å². The van der Waals surface area contributed by atoms with Crippen molar-refractivity contribution in [2.45, 2.75) is 13.3 Å². The van der Waals surface area contributed by atoms with Crippen molar-refractivity contribution in [2.75, 3.05) is 18.0 Å². The number of carboxylic acid groups (broad SMARTS) is 1. The molecule has 1 N–H and O–H groups in total. The Bertz CT molecular complexity index is 483. The highest BCUT2D eigenvalue weighted by molar-refractivity contribution is 9.10. The summed E-state index contributed by atoms with van der Waals surface area (Å²) in [5.41, 5.74) is 1.90. The van der Waals surface area contributed by atoms with Gasteiger partial charge in [-0.3, -0.25) is 0 Å². The summed E-state index contributed by atoms with van der Waals surface area (Å²) >= 11 is 3.41. The minimum Gasteiger partial charge on any atom is -0.478 e. The van der Waals surface area contributed by atoms with Gasteiger partial charge in [0.05, 0.1) is 0 Å². The second-order valence-corrected chi connectivity index (χ2v) is 5.03. The molecule has 0 atom stereocenters. The lowest BCUT2D eigenvalue weighted by Crippen LogP contribution is -2.24. The molecular formula is C15H18BrNO2. The van der Waals surface area contributed by atoms with E-state index in [0.717, 1.165) is 41.3 Å². The zero-order valence-electron chi connectivity index (χ0n) is 11.0. The fourth-order valence-corrected chi connectivity index (χ4v) is 2.22. The van der Waals surface area contributed by atoms with Gasteiger partial charge in [0.15, 0.2) is 0 Å². The quantitative estimate of drug-likeness (QED) is 0.610. The van der Waals surface area contributed by atoms with Gasteiger partial charge in [0.25, 0.3) is 0 Å². The van der Waals surface area contributed by atoms with Gasteiger partial charge in [0.1, 0.15) is 0 Å². The Morgan fingerprint density at radius 1 is 1.53 bits per heavy atom. The molecular weight excluding hydrogens is 306 g/mol. The first-order chi connectivity index (χ1) is 9.08. The Labute approximate surface area is 122 Å². The lowest BCUT2D eigenvalue weighted by atomic mass is 10.1. The standard InChI is InChI=1S/C15H18BrNO2/c1-3-9-17(10-4-2)14-7-6-13(16)11-12(14)5-8-15(18)19/h3,5-8,11H,1,4,9-10H2,2H3,(H,18,19)/b8-5+. The Kier molecular flexibility index (Phi) is 6.36. The van der Waals surface area contributed by atoms with E-state index in [1.165, 1.54) is 0 Å². The molecule has 1 aromatic rings. The minimum absolute atomic E-state index is 0.739. The van der Waals surface area contributed by atoms with Gasteiger partial charge in [0, 0.05) is 29.3 Å². The number of anilines is 1. The van der Waals surface area contributed by atoms with Crippen molar-refractivity contribution in [3.63, 3.8) is 0 Å². The predicted molar refractivity (Wildman–Crippen MR) is 83.5 cm³/mol. The molecule has 0 fully saturated rings. The monoisotopic (exact) mass is 323 g/mol. The number of hydrogen-bond donors (Lipinski definition) is 1. The minimum atomic E-state index is -0.948. The van der Waals surface area contributed by atoms with Gasteiger partial charge in [-0.1, -0.05) is 28.9 Å². The van der Waals surface area contributed by atoms with Crippen LogP contribution in [0, 0.1) is 0 Å². The lowest BCUT2D eigenvalue weighted by Gasteiger charge is -2.24. The van der Waals surface area contributed by atoms with E-state index in [2.05, 4.69) is 34.3 Å². The van der Waals surface area contributed by atoms with Crippen LogP contribution in [0.1, 0.15) is 18.9 Å². The molecule has 102 valence electrons. The molecule has 0 unspecified atom stereocenters. The van der Waals surface area contributed by atoms with Crippen LogP contribution in [-0.4, -0.2) is 24.2 Å². The Morgan fingerprint density at radius 3 is 2.84 bits per heavy atom. The molecule has 0 amide bonds. The van der Waals surface area contributed by atoms with Gasteiger partial charge in [0.2, 0.25) is 0 Å². The van der Waals surface area contributed by atoms with Crippen molar-refractivity contribution in [1.82, 2.24) is 0 Å². The van der Waals surface area contributed by atoms with Crippen molar-refractivity contribution in [2.24, 2.45) is 0 Å². The molecule has 0 aromatic heterocycles. The maximum absolute atomic E-state index is 10.7. The second-order valence-electron chi connectivity index (χ2n) is 4.11. The van der Waals surface area contributed by atoms with Crippen LogP contribution in [0.25, 0.3) is 6.08 Å². The van der Waals surface area contributed by atoms with Gasteiger partial charge >= 0.3 is 5.97 Å². The van der Waals surface area contributed by atoms with E-state index in [0.29, 0.717) is 0 Å². The lowest BCUT2D eigenvalue weighted by molar-refractivity contribution is -0.131. The molecule has 19 heavy (non-hydrogen) atoms. The number of rotatable bonds is 7. The van der Waals surface area contributed by atoms with Crippen LogP contribution in [0.2, 0.25) is 0 Å². The third-order valence-corrected chi connectivity index (χ3v) is 3.07. The first kappa shape index (κ1) is 15.5. The van der Waals surface area contributed by atoms with E-state index in [1.54, 1.807) is 6.08 Å². The van der Waals surface area contributed by atoms with Gasteiger partial charge in [-0.2, -0.15) is 0 Å². The van der Waals surface area contributed by atoms with Crippen LogP contribution in [0.15, 0.2) is 41.4 Å². The van der Waals surface area contributed by atoms with E-state index in [9.17, 15) is 4.79 Å². The third kappa shape index (κ3) is 4.91. The molecule has 0 aliphatic rings. The fraction of sp³-hybridized carbons (Fsp3) is 0.267. The number of aliphatic carboxylic acids is 1. The first-order valence-corrected chi connectivity index (χ1v) is 6.94. The highest BCUT2D eigenvalue weighted by Crippen LogP contribution is 2.26. The smallest absolute Gasteiger partial charge is 0.328 e. The zero-order chi connectivity index (χ0) is 14.3. The maximum Gasteiger partial charge on any atom is 0.328 e. The van der Waals surface area contributed by atoms with E-state index in [-0.39, 0.29) is 0 Å². The highest BCUT2D eigenvalue weighted by Gasteiger charge is 2.08. The molecule has 0 spiro atoms. The number of hydrogen-bond acceptors (Lipinski definition) is 2. The second kappa shape index (κ2) is 7.79. The van der Waals surface area contributed by atoms with Crippen LogP contribution in [0.5, 0.6) is 0 Å². The number of carboxylic acids is 1. The summed E-state index contributed by atoms with van der Waals surface area (Å²) in [7, 11) is 0. The fourth-order valence-electron chi connectivity index (χ4n) is 1.84. The van der Waals surface area contributed by atoms with Crippen molar-refractivity contribution in [3.05, 3.63) is 47.0 Å². The number of halogens is 1. The van der Waals surface area contributed by atoms with E-state index < -0.39 is 5.97 Å². The van der Waals surface area contributed by atoms with Crippen LogP contribution >= 0.6 is 15.9 Å². The Balaban J connectivity index is 3.15. The molecule has 0 aliphatic heterocycles. The summed E-state index contributed by atoms with van der Waals surface area (Å²) in [6, 6.07) is 5.87. The van der Waals surface area contributed by atoms with Crippen molar-refractivity contribution in [3.8, 4) is 0 Å². The molecule has 0 aliphatic carbocycles. The largest absolute Gasteiger partial charge is 0.478 e. The molecule has 0 bridgehead atoms. The average molecular weight is 324 g/mol. The van der Waals surface area contributed by atoms with E-state index in [1.807, 2.05) is 24.3 Å². The van der Waals surface area contributed by atoms with Gasteiger partial charge in [-0.15, -0.1) is 6.58 Å². The third-order valence-electron chi connectivity index (χ3n) is 2.58. The summed E-state index contributed by atoms with van der Waals surface area (Å²) < 4.78 is 0.927. The van der Waals surface area contributed by atoms with Crippen LogP contribution < -0.4 is 4.90 Å². The van der Waals surface area contributed by atoms with E-state index >= 15 is 0 Å². The SMILES string of the molecule is C=CCN(CCC)c1ccc(Br)cc1/C=C/C(=O)O. The number of nitrogens with zero attached hydrogens (tertiary/aromatic N) is 1. The molecule has 0 radical (unpaired) electrons. The number of carbonyl (C=O) groups is 1. The molecule has 0 heterocycles. The summed E-state index contributed by atoms with van der Waals surface area (Å²) in [6.07, 6.45) is 5.64. The van der Waals surface area contributed by atoms with Crippen LogP contribution in [-0.2, 0) is 4.79 Å². The molecule has 1 rings (SSSR count). The van der Waals surface area contributed by atoms with E-state index in [4.69, 9.17) is 5.11 Å². The summed E-state index contributed by atoms with van der Waals surface area (Å²) in [4.78, 5) is 12.8. The van der Waals surface area contributed by atoms with Crippen LogP contribution in [0.3, 0.4) is 0 Å². The molecule has 3 nitrogen and oxygen atoms in total. The Morgan fingerprint density at radius 2 is 2.26 bits per heavy atom. The highest BCUT2D eigenvalue weighted by atomic mass is 79.9. The van der Waals surface area contributed by atoms with Gasteiger partial charge in [-0.05, 0) is 36.3 Å². The summed E-state index contributed by atoms with van der Waals surface area (Å²) in [5.74, 6) is -0.948. The topological polar surface area (TPSA) is 40.5 Å². The zero-order valence-corrected chi connectivity index (χ0v) is 12.6. The van der Waals surface area contributed by atoms with Gasteiger partial charge < -0.3 is 10.0 Å². The molecule has 4 heteroatoms. The summed E-state index contributed by atoms with van der Waals surface area (Å²) in [5, 5.41) is 8.75. The molecule has 0 saturated heterocycles. The Hall–Kier alpha value is -1.55. The normalized spacial score (nSPS) is 10.6. The molecule has 1 aromatic carbocycles. The van der Waals surface area contributed by atoms with Crippen LogP contribution in [0.4, 0.5) is 5.69 Å². The van der Waals surface area contributed by atoms with Crippen molar-refractivity contribution < 1.29 is 9.90 Å². The van der Waals surface area contributed by atoms with Crippen molar-refractivity contribution >= 4 is 33.7 Å². The average Bonchev–Trinajstić information content (AvgIpc) is 2.36. The molecule has 0 saturated carbocycles. The first-order valence-electron chi connectivity index (χ1n) is 6.15. The number of benzene rings is 1.